The number of phosphoric acid groups is 1. The van der Waals surface area contributed by atoms with Crippen LogP contribution in [0.4, 0.5) is 0 Å². The zero-order valence-electron chi connectivity index (χ0n) is 7.91. The molecule has 7 heteroatoms. The first kappa shape index (κ1) is 13.3. The van der Waals surface area contributed by atoms with Crippen molar-refractivity contribution >= 4 is 13.8 Å². The van der Waals surface area contributed by atoms with Gasteiger partial charge in [-0.2, -0.15) is 0 Å². The standard InChI is InChI=1S/C7H13O6P/c1-3-4-7(8)13-6(2)5-12-14(9,10)11/h3-4,6H,5H2,1-2H3,(H2,9,10,11). The van der Waals surface area contributed by atoms with Crippen molar-refractivity contribution in [3.8, 4) is 0 Å². The van der Waals surface area contributed by atoms with Crippen LogP contribution in [0.15, 0.2) is 12.2 Å². The van der Waals surface area contributed by atoms with Crippen molar-refractivity contribution in [1.29, 1.82) is 0 Å². The van der Waals surface area contributed by atoms with Crippen molar-refractivity contribution in [2.75, 3.05) is 6.61 Å². The normalized spacial score (nSPS) is 14.3. The molecule has 82 valence electrons. The number of phosphoric ester groups is 1. The number of rotatable bonds is 5. The molecule has 1 unspecified atom stereocenters. The van der Waals surface area contributed by atoms with Gasteiger partial charge in [-0.3, -0.25) is 4.52 Å². The lowest BCUT2D eigenvalue weighted by molar-refractivity contribution is -0.143. The largest absolute Gasteiger partial charge is 0.469 e. The highest BCUT2D eigenvalue weighted by Crippen LogP contribution is 2.35. The average molecular weight is 224 g/mol. The molecule has 0 spiro atoms. The zero-order chi connectivity index (χ0) is 11.2. The maximum Gasteiger partial charge on any atom is 0.469 e. The third kappa shape index (κ3) is 7.94. The Kier molecular flexibility index (Phi) is 5.64. The topological polar surface area (TPSA) is 93.1 Å². The monoisotopic (exact) mass is 224 g/mol. The van der Waals surface area contributed by atoms with Gasteiger partial charge >= 0.3 is 13.8 Å². The second-order valence-electron chi connectivity index (χ2n) is 2.53. The van der Waals surface area contributed by atoms with E-state index in [1.54, 1.807) is 6.92 Å². The molecule has 0 aromatic carbocycles. The molecule has 0 aromatic heterocycles. The zero-order valence-corrected chi connectivity index (χ0v) is 8.81. The van der Waals surface area contributed by atoms with Crippen molar-refractivity contribution in [2.24, 2.45) is 0 Å². The van der Waals surface area contributed by atoms with E-state index in [4.69, 9.17) is 14.5 Å². The second kappa shape index (κ2) is 5.93. The Balaban J connectivity index is 3.82. The summed E-state index contributed by atoms with van der Waals surface area (Å²) in [5.41, 5.74) is 0. The van der Waals surface area contributed by atoms with Crippen LogP contribution in [0.2, 0.25) is 0 Å². The van der Waals surface area contributed by atoms with Crippen LogP contribution >= 0.6 is 7.82 Å². The van der Waals surface area contributed by atoms with E-state index in [1.165, 1.54) is 19.1 Å². The molecule has 0 radical (unpaired) electrons. The molecule has 0 saturated carbocycles. The molecule has 6 nitrogen and oxygen atoms in total. The van der Waals surface area contributed by atoms with E-state index in [0.29, 0.717) is 0 Å². The van der Waals surface area contributed by atoms with Crippen LogP contribution in [0.25, 0.3) is 0 Å². The van der Waals surface area contributed by atoms with Crippen molar-refractivity contribution in [1.82, 2.24) is 0 Å². The lowest BCUT2D eigenvalue weighted by Gasteiger charge is -2.12. The van der Waals surface area contributed by atoms with Gasteiger partial charge in [0.2, 0.25) is 0 Å². The van der Waals surface area contributed by atoms with Crippen molar-refractivity contribution in [3.63, 3.8) is 0 Å². The molecule has 1 atom stereocenters. The van der Waals surface area contributed by atoms with Crippen molar-refractivity contribution < 1.29 is 28.4 Å². The molecule has 0 aromatic rings. The highest BCUT2D eigenvalue weighted by Gasteiger charge is 2.17. The summed E-state index contributed by atoms with van der Waals surface area (Å²) in [6.07, 6.45) is 2.00. The van der Waals surface area contributed by atoms with Gasteiger partial charge < -0.3 is 14.5 Å². The van der Waals surface area contributed by atoms with E-state index in [2.05, 4.69) is 4.52 Å². The van der Waals surface area contributed by atoms with Gasteiger partial charge in [0.1, 0.15) is 6.10 Å². The number of carbonyl (C=O) groups is 1. The Labute approximate surface area is 81.8 Å². The van der Waals surface area contributed by atoms with Crippen LogP contribution < -0.4 is 0 Å². The van der Waals surface area contributed by atoms with Gasteiger partial charge in [0.15, 0.2) is 0 Å². The lowest BCUT2D eigenvalue weighted by atomic mass is 10.4. The fourth-order valence-electron chi connectivity index (χ4n) is 0.610. The molecule has 0 bridgehead atoms. The fourth-order valence-corrected chi connectivity index (χ4v) is 1.01. The Morgan fingerprint density at radius 1 is 1.57 bits per heavy atom. The van der Waals surface area contributed by atoms with Gasteiger partial charge in [-0.1, -0.05) is 6.08 Å². The molecular weight excluding hydrogens is 211 g/mol. The Hall–Kier alpha value is -0.680. The van der Waals surface area contributed by atoms with E-state index in [9.17, 15) is 9.36 Å². The van der Waals surface area contributed by atoms with Crippen LogP contribution in [0.3, 0.4) is 0 Å². The molecule has 0 aliphatic rings. The molecule has 0 rings (SSSR count). The lowest BCUT2D eigenvalue weighted by Crippen LogP contribution is -2.18. The summed E-state index contributed by atoms with van der Waals surface area (Å²) < 4.78 is 19.1. The first-order chi connectivity index (χ1) is 6.35. The summed E-state index contributed by atoms with van der Waals surface area (Å²) in [5.74, 6) is -0.575. The van der Waals surface area contributed by atoms with Gasteiger partial charge in [-0.15, -0.1) is 0 Å². The highest BCUT2D eigenvalue weighted by atomic mass is 31.2. The number of hydrogen-bond acceptors (Lipinski definition) is 4. The molecule has 0 aliphatic heterocycles. The van der Waals surface area contributed by atoms with Crippen LogP contribution in [-0.4, -0.2) is 28.5 Å². The van der Waals surface area contributed by atoms with Gasteiger partial charge in [0.25, 0.3) is 0 Å². The molecule has 0 amide bonds. The predicted molar refractivity (Wildman–Crippen MR) is 48.4 cm³/mol. The number of allylic oxidation sites excluding steroid dienone is 1. The summed E-state index contributed by atoms with van der Waals surface area (Å²) >= 11 is 0. The molecule has 14 heavy (non-hydrogen) atoms. The van der Waals surface area contributed by atoms with Gasteiger partial charge in [-0.25, -0.2) is 9.36 Å². The Morgan fingerprint density at radius 2 is 2.14 bits per heavy atom. The smallest absolute Gasteiger partial charge is 0.457 e. The van der Waals surface area contributed by atoms with E-state index < -0.39 is 19.9 Å². The number of carbonyl (C=O) groups excluding carboxylic acids is 1. The summed E-state index contributed by atoms with van der Waals surface area (Å²) in [4.78, 5) is 27.5. The molecular formula is C7H13O6P. The maximum absolute atomic E-state index is 10.8. The van der Waals surface area contributed by atoms with Crippen LogP contribution in [0.5, 0.6) is 0 Å². The molecule has 0 fully saturated rings. The molecule has 0 heterocycles. The van der Waals surface area contributed by atoms with Gasteiger partial charge in [0, 0.05) is 6.08 Å². The third-order valence-electron chi connectivity index (χ3n) is 1.10. The molecule has 0 aliphatic carbocycles. The third-order valence-corrected chi connectivity index (χ3v) is 1.58. The molecule has 2 N–H and O–H groups in total. The van der Waals surface area contributed by atoms with E-state index in [0.717, 1.165) is 0 Å². The summed E-state index contributed by atoms with van der Waals surface area (Å²) in [6, 6.07) is 0. The van der Waals surface area contributed by atoms with Crippen LogP contribution in [0, 0.1) is 0 Å². The quantitative estimate of drug-likeness (QED) is 0.403. The minimum atomic E-state index is -4.49. The average Bonchev–Trinajstić information content (AvgIpc) is 2.00. The fraction of sp³-hybridized carbons (Fsp3) is 0.571. The Bertz CT molecular complexity index is 255. The summed E-state index contributed by atoms with van der Waals surface area (Å²) in [5, 5.41) is 0. The highest BCUT2D eigenvalue weighted by molar-refractivity contribution is 7.46. The minimum absolute atomic E-state index is 0.340. The first-order valence-corrected chi connectivity index (χ1v) is 5.41. The summed E-state index contributed by atoms with van der Waals surface area (Å²) in [6.45, 7) is 2.78. The van der Waals surface area contributed by atoms with Crippen LogP contribution in [0.1, 0.15) is 13.8 Å². The SMILES string of the molecule is CC=CC(=O)OC(C)COP(=O)(O)O. The second-order valence-corrected chi connectivity index (χ2v) is 3.77. The number of ether oxygens (including phenoxy) is 1. The van der Waals surface area contributed by atoms with E-state index in [1.807, 2.05) is 0 Å². The minimum Gasteiger partial charge on any atom is -0.457 e. The van der Waals surface area contributed by atoms with Gasteiger partial charge in [0.05, 0.1) is 6.61 Å². The van der Waals surface area contributed by atoms with Crippen molar-refractivity contribution in [3.05, 3.63) is 12.2 Å². The van der Waals surface area contributed by atoms with Crippen LogP contribution in [-0.2, 0) is 18.6 Å². The van der Waals surface area contributed by atoms with E-state index >= 15 is 0 Å². The first-order valence-electron chi connectivity index (χ1n) is 3.88. The van der Waals surface area contributed by atoms with E-state index in [-0.39, 0.29) is 6.61 Å². The number of esters is 1. The van der Waals surface area contributed by atoms with Gasteiger partial charge in [-0.05, 0) is 13.8 Å². The summed E-state index contributed by atoms with van der Waals surface area (Å²) in [7, 11) is -4.49. The Morgan fingerprint density at radius 3 is 2.57 bits per heavy atom. The predicted octanol–water partition coefficient (Wildman–Crippen LogP) is 0.603. The van der Waals surface area contributed by atoms with Crippen molar-refractivity contribution in [2.45, 2.75) is 20.0 Å². The molecule has 0 saturated heterocycles. The maximum atomic E-state index is 10.8. The number of hydrogen-bond donors (Lipinski definition) is 2.